The van der Waals surface area contributed by atoms with Gasteiger partial charge in [0, 0.05) is 15.8 Å². The van der Waals surface area contributed by atoms with E-state index < -0.39 is 0 Å². The molecule has 1 unspecified atom stereocenters. The summed E-state index contributed by atoms with van der Waals surface area (Å²) < 4.78 is 13.7. The summed E-state index contributed by atoms with van der Waals surface area (Å²) in [5.74, 6) is -0.312. The molecule has 1 aromatic rings. The van der Waals surface area contributed by atoms with Crippen molar-refractivity contribution in [1.82, 2.24) is 5.32 Å². The zero-order valence-corrected chi connectivity index (χ0v) is 12.8. The summed E-state index contributed by atoms with van der Waals surface area (Å²) in [5.41, 5.74) is 0.773. The normalized spacial score (nSPS) is 12.0. The first-order chi connectivity index (χ1) is 8.54. The van der Waals surface area contributed by atoms with Gasteiger partial charge in [0.2, 0.25) is 5.91 Å². The molecule has 0 bridgehead atoms. The lowest BCUT2D eigenvalue weighted by atomic mass is 10.2. The van der Waals surface area contributed by atoms with Crippen LogP contribution >= 0.6 is 22.6 Å². The fourth-order valence-electron chi connectivity index (χ4n) is 1.45. The Labute approximate surface area is 121 Å². The molecule has 1 aromatic carbocycles. The smallest absolute Gasteiger partial charge is 0.242 e. The number of amides is 1. The highest BCUT2D eigenvalue weighted by molar-refractivity contribution is 14.1. The first-order valence-corrected chi connectivity index (χ1v) is 7.11. The third kappa shape index (κ3) is 4.80. The Hall–Kier alpha value is -0.850. The number of rotatable bonds is 6. The molecule has 3 nitrogen and oxygen atoms in total. The SMILES string of the molecule is CCCCNC(=O)C(C)Nc1ccc(F)cc1I. The average Bonchev–Trinajstić information content (AvgIpc) is 2.32. The van der Waals surface area contributed by atoms with Crippen LogP contribution in [0.15, 0.2) is 18.2 Å². The van der Waals surface area contributed by atoms with E-state index in [1.165, 1.54) is 12.1 Å². The number of unbranched alkanes of at least 4 members (excludes halogenated alkanes) is 1. The minimum Gasteiger partial charge on any atom is -0.373 e. The van der Waals surface area contributed by atoms with E-state index in [2.05, 4.69) is 17.6 Å². The molecule has 1 atom stereocenters. The summed E-state index contributed by atoms with van der Waals surface area (Å²) in [6.45, 7) is 4.57. The Morgan fingerprint density at radius 2 is 2.22 bits per heavy atom. The zero-order valence-electron chi connectivity index (χ0n) is 10.6. The van der Waals surface area contributed by atoms with Gasteiger partial charge in [-0.3, -0.25) is 4.79 Å². The van der Waals surface area contributed by atoms with Gasteiger partial charge in [-0.2, -0.15) is 0 Å². The lowest BCUT2D eigenvalue weighted by molar-refractivity contribution is -0.121. The van der Waals surface area contributed by atoms with Gasteiger partial charge >= 0.3 is 0 Å². The van der Waals surface area contributed by atoms with Crippen molar-refractivity contribution in [3.8, 4) is 0 Å². The van der Waals surface area contributed by atoms with Crippen LogP contribution in [0, 0.1) is 9.39 Å². The molecule has 100 valence electrons. The van der Waals surface area contributed by atoms with Gasteiger partial charge in [-0.15, -0.1) is 0 Å². The maximum atomic E-state index is 12.9. The predicted molar refractivity (Wildman–Crippen MR) is 80.1 cm³/mol. The second-order valence-corrected chi connectivity index (χ2v) is 5.30. The van der Waals surface area contributed by atoms with Crippen molar-refractivity contribution < 1.29 is 9.18 Å². The van der Waals surface area contributed by atoms with Crippen LogP contribution in [0.5, 0.6) is 0 Å². The Morgan fingerprint density at radius 3 is 2.83 bits per heavy atom. The van der Waals surface area contributed by atoms with E-state index in [1.54, 1.807) is 13.0 Å². The third-order valence-electron chi connectivity index (χ3n) is 2.53. The number of carbonyl (C=O) groups excluding carboxylic acids is 1. The van der Waals surface area contributed by atoms with Crippen molar-refractivity contribution in [1.29, 1.82) is 0 Å². The molecule has 0 saturated heterocycles. The van der Waals surface area contributed by atoms with Gasteiger partial charge in [0.15, 0.2) is 0 Å². The van der Waals surface area contributed by atoms with Gasteiger partial charge < -0.3 is 10.6 Å². The van der Waals surface area contributed by atoms with Gasteiger partial charge in [-0.25, -0.2) is 4.39 Å². The molecule has 2 N–H and O–H groups in total. The molecule has 0 aromatic heterocycles. The molecule has 0 heterocycles. The Kier molecular flexibility index (Phi) is 6.38. The molecule has 0 aliphatic heterocycles. The van der Waals surface area contributed by atoms with E-state index in [-0.39, 0.29) is 17.8 Å². The number of hydrogen-bond donors (Lipinski definition) is 2. The minimum atomic E-state index is -0.333. The molecule has 5 heteroatoms. The molecule has 18 heavy (non-hydrogen) atoms. The minimum absolute atomic E-state index is 0.0384. The number of benzene rings is 1. The van der Waals surface area contributed by atoms with Crippen LogP contribution in [-0.4, -0.2) is 18.5 Å². The highest BCUT2D eigenvalue weighted by atomic mass is 127. The van der Waals surface area contributed by atoms with Gasteiger partial charge in [0.1, 0.15) is 11.9 Å². The maximum absolute atomic E-state index is 12.9. The summed E-state index contributed by atoms with van der Waals surface area (Å²) >= 11 is 2.04. The number of halogens is 2. The lowest BCUT2D eigenvalue weighted by Crippen LogP contribution is -2.38. The number of anilines is 1. The topological polar surface area (TPSA) is 41.1 Å². The molecular weight excluding hydrogens is 346 g/mol. The lowest BCUT2D eigenvalue weighted by Gasteiger charge is -2.16. The van der Waals surface area contributed by atoms with E-state index in [0.29, 0.717) is 6.54 Å². The second-order valence-electron chi connectivity index (χ2n) is 4.13. The molecular formula is C13H18FIN2O. The van der Waals surface area contributed by atoms with Crippen LogP contribution < -0.4 is 10.6 Å². The van der Waals surface area contributed by atoms with Crippen molar-refractivity contribution >= 4 is 34.2 Å². The largest absolute Gasteiger partial charge is 0.373 e. The van der Waals surface area contributed by atoms with E-state index in [4.69, 9.17) is 0 Å². The summed E-state index contributed by atoms with van der Waals surface area (Å²) in [4.78, 5) is 11.8. The zero-order chi connectivity index (χ0) is 13.5. The Bertz CT molecular complexity index is 412. The van der Waals surface area contributed by atoms with Crippen molar-refractivity contribution in [2.75, 3.05) is 11.9 Å². The number of hydrogen-bond acceptors (Lipinski definition) is 2. The summed E-state index contributed by atoms with van der Waals surface area (Å²) in [6.07, 6.45) is 2.03. The maximum Gasteiger partial charge on any atom is 0.242 e. The monoisotopic (exact) mass is 364 g/mol. The van der Waals surface area contributed by atoms with Crippen LogP contribution in [-0.2, 0) is 4.79 Å². The molecule has 0 aliphatic rings. The van der Waals surface area contributed by atoms with E-state index in [1.807, 2.05) is 22.6 Å². The molecule has 0 aliphatic carbocycles. The molecule has 0 fully saturated rings. The van der Waals surface area contributed by atoms with Crippen LogP contribution in [0.4, 0.5) is 10.1 Å². The van der Waals surface area contributed by atoms with E-state index >= 15 is 0 Å². The highest BCUT2D eigenvalue weighted by Gasteiger charge is 2.13. The second kappa shape index (κ2) is 7.56. The fraction of sp³-hybridized carbons (Fsp3) is 0.462. The van der Waals surface area contributed by atoms with Crippen molar-refractivity contribution in [2.45, 2.75) is 32.7 Å². The average molecular weight is 364 g/mol. The third-order valence-corrected chi connectivity index (χ3v) is 3.42. The molecule has 1 rings (SSSR count). The first kappa shape index (κ1) is 15.2. The molecule has 1 amide bonds. The molecule has 0 spiro atoms. The van der Waals surface area contributed by atoms with E-state index in [0.717, 1.165) is 22.1 Å². The van der Waals surface area contributed by atoms with Gasteiger partial charge in [-0.1, -0.05) is 13.3 Å². The van der Waals surface area contributed by atoms with Crippen LogP contribution in [0.25, 0.3) is 0 Å². The first-order valence-electron chi connectivity index (χ1n) is 6.04. The van der Waals surface area contributed by atoms with Crippen molar-refractivity contribution in [3.63, 3.8) is 0 Å². The van der Waals surface area contributed by atoms with Crippen LogP contribution in [0.2, 0.25) is 0 Å². The van der Waals surface area contributed by atoms with Gasteiger partial charge in [0.25, 0.3) is 0 Å². The quantitative estimate of drug-likeness (QED) is 0.602. The van der Waals surface area contributed by atoms with E-state index in [9.17, 15) is 9.18 Å². The van der Waals surface area contributed by atoms with Gasteiger partial charge in [0.05, 0.1) is 0 Å². The Morgan fingerprint density at radius 1 is 1.50 bits per heavy atom. The molecule has 0 saturated carbocycles. The van der Waals surface area contributed by atoms with Crippen molar-refractivity contribution in [3.05, 3.63) is 27.6 Å². The Balaban J connectivity index is 2.53. The standard InChI is InChI=1S/C13H18FIN2O/c1-3-4-7-16-13(18)9(2)17-12-6-5-10(14)8-11(12)15/h5-6,8-9,17H,3-4,7H2,1-2H3,(H,16,18). The summed E-state index contributed by atoms with van der Waals surface area (Å²) in [7, 11) is 0. The highest BCUT2D eigenvalue weighted by Crippen LogP contribution is 2.19. The van der Waals surface area contributed by atoms with Gasteiger partial charge in [-0.05, 0) is 54.1 Å². The number of carbonyl (C=O) groups is 1. The van der Waals surface area contributed by atoms with Crippen LogP contribution in [0.1, 0.15) is 26.7 Å². The number of nitrogens with one attached hydrogen (secondary N) is 2. The summed E-state index contributed by atoms with van der Waals surface area (Å²) in [5, 5.41) is 5.93. The molecule has 0 radical (unpaired) electrons. The van der Waals surface area contributed by atoms with Crippen molar-refractivity contribution in [2.24, 2.45) is 0 Å². The summed E-state index contributed by atoms with van der Waals surface area (Å²) in [6, 6.07) is 4.13. The van der Waals surface area contributed by atoms with Crippen LogP contribution in [0.3, 0.4) is 0 Å². The predicted octanol–water partition coefficient (Wildman–Crippen LogP) is 3.15. The fourth-order valence-corrected chi connectivity index (χ4v) is 2.08.